The minimum atomic E-state index is -0.903. The molecule has 0 bridgehead atoms. The summed E-state index contributed by atoms with van der Waals surface area (Å²) in [4.78, 5) is 15.9. The number of nitrogens with zero attached hydrogens (tertiary/aromatic N) is 1. The van der Waals surface area contributed by atoms with E-state index in [1.165, 1.54) is 6.20 Å². The summed E-state index contributed by atoms with van der Waals surface area (Å²) in [5.74, 6) is -0.348. The quantitative estimate of drug-likeness (QED) is 0.816. The molecule has 0 aliphatic carbocycles. The Hall–Kier alpha value is -0.690. The van der Waals surface area contributed by atoms with Gasteiger partial charge in [-0.25, -0.2) is 4.98 Å². The monoisotopic (exact) mass is 348 g/mol. The number of halogens is 2. The summed E-state index contributed by atoms with van der Waals surface area (Å²) < 4.78 is 5.85. The molecule has 104 valence electrons. The van der Waals surface area contributed by atoms with Crippen molar-refractivity contribution in [3.05, 3.63) is 27.5 Å². The summed E-state index contributed by atoms with van der Waals surface area (Å²) in [5, 5.41) is 13.1. The highest BCUT2D eigenvalue weighted by atomic mass is 79.9. The van der Waals surface area contributed by atoms with Gasteiger partial charge in [0.15, 0.2) is 0 Å². The summed E-state index contributed by atoms with van der Waals surface area (Å²) >= 11 is 9.11. The van der Waals surface area contributed by atoms with Crippen LogP contribution in [0.2, 0.25) is 5.15 Å². The number of hydrogen-bond donors (Lipinski definition) is 2. The first-order valence-corrected chi connectivity index (χ1v) is 7.07. The van der Waals surface area contributed by atoms with Gasteiger partial charge in [-0.3, -0.25) is 4.79 Å². The average molecular weight is 350 g/mol. The van der Waals surface area contributed by atoms with E-state index in [4.69, 9.17) is 16.3 Å². The van der Waals surface area contributed by atoms with Gasteiger partial charge in [0.05, 0.1) is 11.2 Å². The molecule has 1 amide bonds. The molecule has 1 aliphatic heterocycles. The van der Waals surface area contributed by atoms with E-state index in [0.29, 0.717) is 30.5 Å². The molecular formula is C12H14BrClN2O3. The molecule has 19 heavy (non-hydrogen) atoms. The molecule has 2 N–H and O–H groups in total. The molecule has 5 nitrogen and oxygen atoms in total. The van der Waals surface area contributed by atoms with Gasteiger partial charge < -0.3 is 15.2 Å². The minimum absolute atomic E-state index is 0.139. The maximum absolute atomic E-state index is 12.0. The van der Waals surface area contributed by atoms with Crippen molar-refractivity contribution in [3.63, 3.8) is 0 Å². The van der Waals surface area contributed by atoms with Crippen molar-refractivity contribution in [2.24, 2.45) is 0 Å². The van der Waals surface area contributed by atoms with E-state index in [1.807, 2.05) is 0 Å². The lowest BCUT2D eigenvalue weighted by atomic mass is 9.94. The number of amides is 1. The molecular weight excluding hydrogens is 336 g/mol. The number of aromatic nitrogens is 1. The molecule has 2 heterocycles. The minimum Gasteiger partial charge on any atom is -0.388 e. The third kappa shape index (κ3) is 3.89. The Labute approximate surface area is 124 Å². The van der Waals surface area contributed by atoms with Crippen LogP contribution < -0.4 is 5.32 Å². The average Bonchev–Trinajstić information content (AvgIpc) is 2.40. The first-order valence-electron chi connectivity index (χ1n) is 5.90. The van der Waals surface area contributed by atoms with E-state index >= 15 is 0 Å². The van der Waals surface area contributed by atoms with E-state index in [2.05, 4.69) is 26.2 Å². The number of pyridine rings is 1. The third-order valence-electron chi connectivity index (χ3n) is 3.05. The summed E-state index contributed by atoms with van der Waals surface area (Å²) in [6, 6.07) is 1.60. The van der Waals surface area contributed by atoms with Crippen LogP contribution >= 0.6 is 27.5 Å². The largest absolute Gasteiger partial charge is 0.388 e. The van der Waals surface area contributed by atoms with Crippen molar-refractivity contribution in [2.45, 2.75) is 18.4 Å². The topological polar surface area (TPSA) is 71.5 Å². The molecule has 0 radical (unpaired) electrons. The zero-order valence-corrected chi connectivity index (χ0v) is 12.5. The fraction of sp³-hybridized carbons (Fsp3) is 0.500. The maximum Gasteiger partial charge on any atom is 0.254 e. The predicted molar refractivity (Wildman–Crippen MR) is 74.3 cm³/mol. The fourth-order valence-corrected chi connectivity index (χ4v) is 2.37. The van der Waals surface area contributed by atoms with Gasteiger partial charge in [0.1, 0.15) is 5.15 Å². The fourth-order valence-electron chi connectivity index (χ4n) is 1.85. The first-order chi connectivity index (χ1) is 9.00. The smallest absolute Gasteiger partial charge is 0.254 e. The van der Waals surface area contributed by atoms with Crippen LogP contribution in [0, 0.1) is 0 Å². The van der Waals surface area contributed by atoms with Crippen molar-refractivity contribution < 1.29 is 14.6 Å². The lowest BCUT2D eigenvalue weighted by Gasteiger charge is -2.32. The second kappa shape index (κ2) is 6.17. The summed E-state index contributed by atoms with van der Waals surface area (Å²) in [5.41, 5.74) is -0.619. The number of aliphatic hydroxyl groups is 1. The first kappa shape index (κ1) is 14.7. The van der Waals surface area contributed by atoms with Crippen LogP contribution in [0.1, 0.15) is 23.2 Å². The van der Waals surface area contributed by atoms with Gasteiger partial charge in [-0.15, -0.1) is 0 Å². The molecule has 1 aromatic rings. The van der Waals surface area contributed by atoms with Gasteiger partial charge >= 0.3 is 0 Å². The molecule has 1 aromatic heterocycles. The van der Waals surface area contributed by atoms with Crippen LogP contribution in [-0.2, 0) is 4.74 Å². The van der Waals surface area contributed by atoms with Crippen LogP contribution in [0.3, 0.4) is 0 Å². The van der Waals surface area contributed by atoms with E-state index in [1.54, 1.807) is 6.07 Å². The number of carbonyl (C=O) groups is 1. The van der Waals surface area contributed by atoms with Crippen molar-refractivity contribution >= 4 is 33.4 Å². The highest BCUT2D eigenvalue weighted by molar-refractivity contribution is 9.10. The number of rotatable bonds is 3. The molecule has 0 atom stereocenters. The van der Waals surface area contributed by atoms with E-state index in [0.717, 1.165) is 0 Å². The second-order valence-corrected chi connectivity index (χ2v) is 5.78. The van der Waals surface area contributed by atoms with Crippen LogP contribution in [0.4, 0.5) is 0 Å². The molecule has 7 heteroatoms. The Balaban J connectivity index is 1.99. The number of carbonyl (C=O) groups excluding carboxylic acids is 1. The Morgan fingerprint density at radius 3 is 2.95 bits per heavy atom. The van der Waals surface area contributed by atoms with Gasteiger partial charge in [-0.2, -0.15) is 0 Å². The van der Waals surface area contributed by atoms with Crippen LogP contribution in [0.5, 0.6) is 0 Å². The molecule has 0 spiro atoms. The zero-order chi connectivity index (χ0) is 13.9. The lowest BCUT2D eigenvalue weighted by molar-refractivity contribution is -0.0605. The van der Waals surface area contributed by atoms with Crippen LogP contribution in [0.25, 0.3) is 0 Å². The van der Waals surface area contributed by atoms with E-state index < -0.39 is 5.60 Å². The van der Waals surface area contributed by atoms with Gasteiger partial charge in [0.2, 0.25) is 0 Å². The van der Waals surface area contributed by atoms with E-state index in [9.17, 15) is 9.90 Å². The SMILES string of the molecule is O=C(NCC1(O)CCOCC1)c1cc(Br)cnc1Cl. The van der Waals surface area contributed by atoms with Gasteiger partial charge in [0, 0.05) is 43.3 Å². The molecule has 1 fully saturated rings. The Morgan fingerprint density at radius 2 is 2.26 bits per heavy atom. The molecule has 0 saturated carbocycles. The number of ether oxygens (including phenoxy) is 1. The van der Waals surface area contributed by atoms with Crippen molar-refractivity contribution in [2.75, 3.05) is 19.8 Å². The summed E-state index contributed by atoms with van der Waals surface area (Å²) in [6.45, 7) is 1.19. The standard InChI is InChI=1S/C12H14BrClN2O3/c13-8-5-9(10(14)15-6-8)11(17)16-7-12(18)1-3-19-4-2-12/h5-6,18H,1-4,7H2,(H,16,17). The summed E-state index contributed by atoms with van der Waals surface area (Å²) in [6.07, 6.45) is 2.54. The molecule has 0 aromatic carbocycles. The predicted octanol–water partition coefficient (Wildman–Crippen LogP) is 1.77. The Bertz CT molecular complexity index is 478. The zero-order valence-electron chi connectivity index (χ0n) is 10.2. The summed E-state index contributed by atoms with van der Waals surface area (Å²) in [7, 11) is 0. The van der Waals surface area contributed by atoms with Crippen molar-refractivity contribution in [3.8, 4) is 0 Å². The molecule has 1 aliphatic rings. The number of hydrogen-bond acceptors (Lipinski definition) is 4. The molecule has 0 unspecified atom stereocenters. The normalized spacial score (nSPS) is 18.1. The van der Waals surface area contributed by atoms with Gasteiger partial charge in [0.25, 0.3) is 5.91 Å². The second-order valence-electron chi connectivity index (χ2n) is 4.51. The lowest BCUT2D eigenvalue weighted by Crippen LogP contribution is -2.46. The van der Waals surface area contributed by atoms with Crippen molar-refractivity contribution in [1.29, 1.82) is 0 Å². The number of nitrogens with one attached hydrogen (secondary N) is 1. The third-order valence-corrected chi connectivity index (χ3v) is 3.79. The molecule has 2 rings (SSSR count). The Kier molecular flexibility index (Phi) is 4.78. The van der Waals surface area contributed by atoms with E-state index in [-0.39, 0.29) is 23.2 Å². The maximum atomic E-state index is 12.0. The van der Waals surface area contributed by atoms with Crippen LogP contribution in [0.15, 0.2) is 16.7 Å². The molecule has 1 saturated heterocycles. The van der Waals surface area contributed by atoms with Crippen molar-refractivity contribution in [1.82, 2.24) is 10.3 Å². The van der Waals surface area contributed by atoms with Gasteiger partial charge in [-0.05, 0) is 22.0 Å². The highest BCUT2D eigenvalue weighted by Crippen LogP contribution is 2.21. The highest BCUT2D eigenvalue weighted by Gasteiger charge is 2.30. The van der Waals surface area contributed by atoms with Gasteiger partial charge in [-0.1, -0.05) is 11.6 Å². The van der Waals surface area contributed by atoms with Crippen LogP contribution in [-0.4, -0.2) is 41.4 Å². The Morgan fingerprint density at radius 1 is 1.58 bits per heavy atom.